The van der Waals surface area contributed by atoms with Crippen LogP contribution < -0.4 is 14.4 Å². The molecule has 1 atom stereocenters. The van der Waals surface area contributed by atoms with Crippen molar-refractivity contribution in [2.24, 2.45) is 5.92 Å². The maximum Gasteiger partial charge on any atom is 0.244 e. The number of nitrogens with one attached hydrogen (secondary N) is 1. The maximum absolute atomic E-state index is 13.7. The van der Waals surface area contributed by atoms with Crippen molar-refractivity contribution >= 4 is 39.1 Å². The van der Waals surface area contributed by atoms with Crippen LogP contribution in [-0.4, -0.2) is 57.6 Å². The van der Waals surface area contributed by atoms with Gasteiger partial charge in [-0.2, -0.15) is 0 Å². The van der Waals surface area contributed by atoms with Crippen LogP contribution in [0.5, 0.6) is 5.75 Å². The second-order valence-electron chi connectivity index (χ2n) is 9.16. The van der Waals surface area contributed by atoms with Crippen molar-refractivity contribution in [1.29, 1.82) is 0 Å². The quantitative estimate of drug-likeness (QED) is 0.441. The van der Waals surface area contributed by atoms with Crippen LogP contribution in [-0.2, 0) is 26.2 Å². The van der Waals surface area contributed by atoms with E-state index in [1.807, 2.05) is 52.0 Å². The Kier molecular flexibility index (Phi) is 10.6. The lowest BCUT2D eigenvalue weighted by atomic mass is 10.1. The molecule has 2 amide bonds. The highest BCUT2D eigenvalue weighted by Gasteiger charge is 2.32. The first-order valence-electron chi connectivity index (χ1n) is 11.8. The van der Waals surface area contributed by atoms with Crippen LogP contribution in [0.3, 0.4) is 0 Å². The Morgan fingerprint density at radius 2 is 1.75 bits per heavy atom. The van der Waals surface area contributed by atoms with Gasteiger partial charge in [-0.3, -0.25) is 13.9 Å². The Morgan fingerprint density at radius 1 is 1.11 bits per heavy atom. The number of methoxy groups -OCH3 is 1. The van der Waals surface area contributed by atoms with Crippen LogP contribution in [0, 0.1) is 12.8 Å². The average Bonchev–Trinajstić information content (AvgIpc) is 2.81. The van der Waals surface area contributed by atoms with Gasteiger partial charge in [-0.25, -0.2) is 8.42 Å². The number of rotatable bonds is 12. The van der Waals surface area contributed by atoms with Gasteiger partial charge < -0.3 is 15.0 Å². The second kappa shape index (κ2) is 13.0. The van der Waals surface area contributed by atoms with E-state index in [1.54, 1.807) is 12.1 Å². The number of hydrogen-bond acceptors (Lipinski definition) is 5. The van der Waals surface area contributed by atoms with Crippen molar-refractivity contribution in [2.45, 2.75) is 46.7 Å². The number of benzene rings is 2. The number of amides is 2. The van der Waals surface area contributed by atoms with Gasteiger partial charge in [-0.05, 0) is 43.0 Å². The van der Waals surface area contributed by atoms with E-state index in [2.05, 4.69) is 5.32 Å². The lowest BCUT2D eigenvalue weighted by Gasteiger charge is -2.33. The number of anilines is 1. The van der Waals surface area contributed by atoms with Crippen molar-refractivity contribution in [3.63, 3.8) is 0 Å². The van der Waals surface area contributed by atoms with Crippen molar-refractivity contribution in [1.82, 2.24) is 10.2 Å². The monoisotopic (exact) mass is 537 g/mol. The van der Waals surface area contributed by atoms with E-state index < -0.39 is 28.5 Å². The second-order valence-corrected chi connectivity index (χ2v) is 11.5. The van der Waals surface area contributed by atoms with E-state index in [-0.39, 0.29) is 29.8 Å². The van der Waals surface area contributed by atoms with Gasteiger partial charge in [0.25, 0.3) is 0 Å². The molecule has 0 heterocycles. The molecule has 0 fully saturated rings. The third-order valence-corrected chi connectivity index (χ3v) is 6.99. The largest absolute Gasteiger partial charge is 0.495 e. The number of halogens is 1. The Morgan fingerprint density at radius 3 is 2.28 bits per heavy atom. The molecule has 0 aromatic heterocycles. The van der Waals surface area contributed by atoms with E-state index in [0.29, 0.717) is 18.0 Å². The predicted octanol–water partition coefficient (Wildman–Crippen LogP) is 4.00. The van der Waals surface area contributed by atoms with Crippen LogP contribution in [0.4, 0.5) is 5.69 Å². The van der Waals surface area contributed by atoms with E-state index in [4.69, 9.17) is 16.3 Å². The van der Waals surface area contributed by atoms with Gasteiger partial charge in [0.15, 0.2) is 0 Å². The van der Waals surface area contributed by atoms with Crippen molar-refractivity contribution < 1.29 is 22.7 Å². The predicted molar refractivity (Wildman–Crippen MR) is 144 cm³/mol. The molecule has 0 radical (unpaired) electrons. The fourth-order valence-electron chi connectivity index (χ4n) is 3.69. The molecule has 0 aliphatic heterocycles. The van der Waals surface area contributed by atoms with Crippen molar-refractivity contribution in [2.75, 3.05) is 30.8 Å². The summed E-state index contributed by atoms with van der Waals surface area (Å²) in [5, 5.41) is 3.20. The van der Waals surface area contributed by atoms with Gasteiger partial charge in [0.1, 0.15) is 18.3 Å². The van der Waals surface area contributed by atoms with Gasteiger partial charge in [0, 0.05) is 18.1 Å². The van der Waals surface area contributed by atoms with Crippen LogP contribution >= 0.6 is 11.6 Å². The standard InChI is InChI=1S/C26H36ClN3O5S/c1-7-22(26(32)28-15-18(2)3)29(16-20-10-8-19(4)9-11-20)25(31)17-30(36(6,33)34)23-14-21(27)12-13-24(23)35-5/h8-14,18,22H,7,15-17H2,1-6H3,(H,28,32)/t22-/m1/s1. The van der Waals surface area contributed by atoms with E-state index in [0.717, 1.165) is 21.7 Å². The molecule has 0 saturated carbocycles. The summed E-state index contributed by atoms with van der Waals surface area (Å²) in [5.74, 6) is -0.305. The topological polar surface area (TPSA) is 96.0 Å². The normalized spacial score (nSPS) is 12.2. The van der Waals surface area contributed by atoms with Crippen LogP contribution in [0.15, 0.2) is 42.5 Å². The van der Waals surface area contributed by atoms with E-state index in [9.17, 15) is 18.0 Å². The molecule has 198 valence electrons. The number of hydrogen-bond donors (Lipinski definition) is 1. The minimum absolute atomic E-state index is 0.147. The number of sulfonamides is 1. The average molecular weight is 538 g/mol. The molecule has 8 nitrogen and oxygen atoms in total. The molecule has 2 rings (SSSR count). The van der Waals surface area contributed by atoms with Gasteiger partial charge in [-0.15, -0.1) is 0 Å². The zero-order valence-electron chi connectivity index (χ0n) is 21.7. The Balaban J connectivity index is 2.48. The SMILES string of the molecule is CC[C@H](C(=O)NCC(C)C)N(Cc1ccc(C)cc1)C(=O)CN(c1cc(Cl)ccc1OC)S(C)(=O)=O. The van der Waals surface area contributed by atoms with Crippen LogP contribution in [0.1, 0.15) is 38.3 Å². The molecule has 1 N–H and O–H groups in total. The minimum Gasteiger partial charge on any atom is -0.495 e. The third kappa shape index (κ3) is 8.13. The summed E-state index contributed by atoms with van der Waals surface area (Å²) in [6.45, 7) is 7.85. The molecule has 0 bridgehead atoms. The van der Waals surface area contributed by atoms with E-state index >= 15 is 0 Å². The Hall–Kier alpha value is -2.78. The van der Waals surface area contributed by atoms with Gasteiger partial charge >= 0.3 is 0 Å². The molecular weight excluding hydrogens is 502 g/mol. The first-order valence-corrected chi connectivity index (χ1v) is 14.0. The first-order chi connectivity index (χ1) is 16.9. The molecule has 2 aromatic carbocycles. The molecule has 0 aliphatic carbocycles. The smallest absolute Gasteiger partial charge is 0.244 e. The van der Waals surface area contributed by atoms with Gasteiger partial charge in [-0.1, -0.05) is 62.2 Å². The number of nitrogens with zero attached hydrogens (tertiary/aromatic N) is 2. The summed E-state index contributed by atoms with van der Waals surface area (Å²) in [6.07, 6.45) is 1.37. The molecular formula is C26H36ClN3O5S. The number of aryl methyl sites for hydroxylation is 1. The highest BCUT2D eigenvalue weighted by atomic mass is 35.5. The number of carbonyl (C=O) groups excluding carboxylic acids is 2. The molecule has 10 heteroatoms. The Labute approximate surface area is 219 Å². The summed E-state index contributed by atoms with van der Waals surface area (Å²) in [4.78, 5) is 28.3. The highest BCUT2D eigenvalue weighted by Crippen LogP contribution is 2.33. The fraction of sp³-hybridized carbons (Fsp3) is 0.462. The molecule has 2 aromatic rings. The van der Waals surface area contributed by atoms with Gasteiger partial charge in [0.2, 0.25) is 21.8 Å². The minimum atomic E-state index is -3.90. The zero-order valence-corrected chi connectivity index (χ0v) is 23.3. The lowest BCUT2D eigenvalue weighted by Crippen LogP contribution is -2.52. The molecule has 0 unspecified atom stereocenters. The summed E-state index contributed by atoms with van der Waals surface area (Å²) in [7, 11) is -2.49. The first kappa shape index (κ1) is 29.5. The molecule has 0 saturated heterocycles. The highest BCUT2D eigenvalue weighted by molar-refractivity contribution is 7.92. The fourth-order valence-corrected chi connectivity index (χ4v) is 4.70. The van der Waals surface area contributed by atoms with Crippen molar-refractivity contribution in [3.05, 3.63) is 58.6 Å². The molecule has 0 spiro atoms. The summed E-state index contributed by atoms with van der Waals surface area (Å²) < 4.78 is 31.9. The molecule has 0 aliphatic rings. The van der Waals surface area contributed by atoms with Gasteiger partial charge in [0.05, 0.1) is 19.1 Å². The number of ether oxygens (including phenoxy) is 1. The maximum atomic E-state index is 13.7. The summed E-state index contributed by atoms with van der Waals surface area (Å²) >= 11 is 6.14. The van der Waals surface area contributed by atoms with Crippen LogP contribution in [0.25, 0.3) is 0 Å². The number of carbonyl (C=O) groups is 2. The van der Waals surface area contributed by atoms with Crippen molar-refractivity contribution in [3.8, 4) is 5.75 Å². The summed E-state index contributed by atoms with van der Waals surface area (Å²) in [5.41, 5.74) is 2.04. The van der Waals surface area contributed by atoms with E-state index in [1.165, 1.54) is 18.1 Å². The zero-order chi connectivity index (χ0) is 27.0. The Bertz CT molecular complexity index is 1150. The lowest BCUT2D eigenvalue weighted by molar-refractivity contribution is -0.140. The molecule has 36 heavy (non-hydrogen) atoms. The summed E-state index contributed by atoms with van der Waals surface area (Å²) in [6, 6.07) is 11.4. The third-order valence-electron chi connectivity index (χ3n) is 5.63. The van der Waals surface area contributed by atoms with Crippen LogP contribution in [0.2, 0.25) is 5.02 Å².